The number of rotatable bonds is 4. The van der Waals surface area contributed by atoms with Gasteiger partial charge in [-0.3, -0.25) is 4.79 Å². The number of hydrogen-bond acceptors (Lipinski definition) is 3. The molecule has 0 aliphatic carbocycles. The minimum Gasteiger partial charge on any atom is -0.389 e. The number of benzene rings is 1. The van der Waals surface area contributed by atoms with Crippen molar-refractivity contribution in [2.45, 2.75) is 25.4 Å². The van der Waals surface area contributed by atoms with E-state index in [1.807, 2.05) is 0 Å². The second-order valence-electron chi connectivity index (χ2n) is 4.64. The minimum atomic E-state index is -0.118. The number of thiocarbonyl (C=S) groups is 1. The van der Waals surface area contributed by atoms with Crippen LogP contribution in [0.4, 0.5) is 0 Å². The van der Waals surface area contributed by atoms with Gasteiger partial charge in [0.15, 0.2) is 0 Å². The van der Waals surface area contributed by atoms with Gasteiger partial charge in [0.1, 0.15) is 4.99 Å². The molecule has 1 heterocycles. The highest BCUT2D eigenvalue weighted by Gasteiger charge is 2.15. The van der Waals surface area contributed by atoms with Gasteiger partial charge in [0.2, 0.25) is 0 Å². The Morgan fingerprint density at radius 2 is 2.21 bits per heavy atom. The molecule has 0 saturated carbocycles. The Hall–Kier alpha value is -1.46. The lowest BCUT2D eigenvalue weighted by Gasteiger charge is -2.22. The van der Waals surface area contributed by atoms with Crippen molar-refractivity contribution in [2.75, 3.05) is 13.2 Å². The molecule has 1 aliphatic heterocycles. The van der Waals surface area contributed by atoms with E-state index in [9.17, 15) is 4.79 Å². The largest absolute Gasteiger partial charge is 0.389 e. The van der Waals surface area contributed by atoms with Crippen LogP contribution in [-0.2, 0) is 4.74 Å². The normalized spacial score (nSPS) is 18.8. The third-order valence-corrected chi connectivity index (χ3v) is 3.41. The van der Waals surface area contributed by atoms with Crippen LogP contribution in [0.3, 0.4) is 0 Å². The smallest absolute Gasteiger partial charge is 0.251 e. The molecule has 2 rings (SSSR count). The molecule has 1 atom stereocenters. The summed E-state index contributed by atoms with van der Waals surface area (Å²) in [5.74, 6) is -0.118. The average Bonchev–Trinajstić information content (AvgIpc) is 2.46. The van der Waals surface area contributed by atoms with Crippen molar-refractivity contribution >= 4 is 23.1 Å². The summed E-state index contributed by atoms with van der Waals surface area (Å²) in [4.78, 5) is 12.3. The van der Waals surface area contributed by atoms with Crippen molar-refractivity contribution in [1.29, 1.82) is 0 Å². The Kier molecular flexibility index (Phi) is 4.87. The maximum atomic E-state index is 12.0. The van der Waals surface area contributed by atoms with E-state index in [0.717, 1.165) is 25.9 Å². The highest BCUT2D eigenvalue weighted by molar-refractivity contribution is 7.80. The van der Waals surface area contributed by atoms with E-state index in [4.69, 9.17) is 22.7 Å². The maximum absolute atomic E-state index is 12.0. The average molecular weight is 278 g/mol. The molecule has 1 saturated heterocycles. The van der Waals surface area contributed by atoms with E-state index in [1.165, 1.54) is 0 Å². The summed E-state index contributed by atoms with van der Waals surface area (Å²) in [6.45, 7) is 1.34. The third-order valence-electron chi connectivity index (χ3n) is 3.17. The van der Waals surface area contributed by atoms with Gasteiger partial charge in [0.05, 0.1) is 6.10 Å². The molecule has 1 unspecified atom stereocenters. The molecule has 1 aromatic carbocycles. The SMILES string of the molecule is NC(=S)c1cccc(C(=O)NCC2CCCCO2)c1. The van der Waals surface area contributed by atoms with Crippen LogP contribution < -0.4 is 11.1 Å². The minimum absolute atomic E-state index is 0.118. The second kappa shape index (κ2) is 6.63. The molecule has 4 nitrogen and oxygen atoms in total. The quantitative estimate of drug-likeness (QED) is 0.822. The first-order valence-electron chi connectivity index (χ1n) is 6.46. The molecule has 1 amide bonds. The molecule has 1 aliphatic rings. The van der Waals surface area contributed by atoms with Crippen LogP contribution in [0, 0.1) is 0 Å². The fraction of sp³-hybridized carbons (Fsp3) is 0.429. The summed E-state index contributed by atoms with van der Waals surface area (Å²) in [5.41, 5.74) is 6.83. The van der Waals surface area contributed by atoms with Crippen molar-refractivity contribution < 1.29 is 9.53 Å². The summed E-state index contributed by atoms with van der Waals surface area (Å²) in [7, 11) is 0. The molecule has 0 bridgehead atoms. The summed E-state index contributed by atoms with van der Waals surface area (Å²) >= 11 is 4.90. The first kappa shape index (κ1) is 14.0. The lowest BCUT2D eigenvalue weighted by atomic mass is 10.1. The molecule has 19 heavy (non-hydrogen) atoms. The van der Waals surface area contributed by atoms with Gasteiger partial charge in [-0.15, -0.1) is 0 Å². The molecule has 0 radical (unpaired) electrons. The lowest BCUT2D eigenvalue weighted by Crippen LogP contribution is -2.35. The van der Waals surface area contributed by atoms with E-state index in [2.05, 4.69) is 5.32 Å². The highest BCUT2D eigenvalue weighted by Crippen LogP contribution is 2.12. The fourth-order valence-electron chi connectivity index (χ4n) is 2.09. The molecular formula is C14H18N2O2S. The Bertz CT molecular complexity index is 470. The number of nitrogens with two attached hydrogens (primary N) is 1. The van der Waals surface area contributed by atoms with Crippen LogP contribution in [0.1, 0.15) is 35.2 Å². The van der Waals surface area contributed by atoms with Crippen LogP contribution >= 0.6 is 12.2 Å². The van der Waals surface area contributed by atoms with Gasteiger partial charge in [-0.25, -0.2) is 0 Å². The molecule has 0 aromatic heterocycles. The summed E-state index contributed by atoms with van der Waals surface area (Å²) in [6.07, 6.45) is 3.42. The van der Waals surface area contributed by atoms with Gasteiger partial charge in [-0.2, -0.15) is 0 Å². The summed E-state index contributed by atoms with van der Waals surface area (Å²) in [6, 6.07) is 7.03. The standard InChI is InChI=1S/C14H18N2O2S/c15-13(19)10-4-3-5-11(8-10)14(17)16-9-12-6-1-2-7-18-12/h3-5,8,12H,1-2,6-7,9H2,(H2,15,19)(H,16,17). The van der Waals surface area contributed by atoms with Crippen molar-refractivity contribution in [3.63, 3.8) is 0 Å². The van der Waals surface area contributed by atoms with E-state index < -0.39 is 0 Å². The Morgan fingerprint density at radius 1 is 1.42 bits per heavy atom. The van der Waals surface area contributed by atoms with Gasteiger partial charge in [-0.05, 0) is 31.4 Å². The van der Waals surface area contributed by atoms with Crippen molar-refractivity contribution in [3.8, 4) is 0 Å². The number of hydrogen-bond donors (Lipinski definition) is 2. The first-order chi connectivity index (χ1) is 9.16. The zero-order chi connectivity index (χ0) is 13.7. The van der Waals surface area contributed by atoms with Gasteiger partial charge in [0, 0.05) is 24.3 Å². The monoisotopic (exact) mass is 278 g/mol. The van der Waals surface area contributed by atoms with Crippen molar-refractivity contribution in [3.05, 3.63) is 35.4 Å². The molecule has 3 N–H and O–H groups in total. The molecular weight excluding hydrogens is 260 g/mol. The Labute approximate surface area is 118 Å². The number of carbonyl (C=O) groups is 1. The zero-order valence-corrected chi connectivity index (χ0v) is 11.5. The number of amides is 1. The Balaban J connectivity index is 1.92. The second-order valence-corrected chi connectivity index (χ2v) is 5.08. The van der Waals surface area contributed by atoms with Gasteiger partial charge in [0.25, 0.3) is 5.91 Å². The van der Waals surface area contributed by atoms with Crippen LogP contribution in [0.25, 0.3) is 0 Å². The van der Waals surface area contributed by atoms with Crippen LogP contribution in [0.5, 0.6) is 0 Å². The molecule has 1 aromatic rings. The lowest BCUT2D eigenvalue weighted by molar-refractivity contribution is 0.0169. The van der Waals surface area contributed by atoms with Crippen LogP contribution in [-0.4, -0.2) is 30.2 Å². The van der Waals surface area contributed by atoms with Crippen molar-refractivity contribution in [2.24, 2.45) is 5.73 Å². The summed E-state index contributed by atoms with van der Waals surface area (Å²) < 4.78 is 5.57. The van der Waals surface area contributed by atoms with E-state index in [-0.39, 0.29) is 12.0 Å². The summed E-state index contributed by atoms with van der Waals surface area (Å²) in [5, 5.41) is 2.89. The van der Waals surface area contributed by atoms with Gasteiger partial charge >= 0.3 is 0 Å². The fourth-order valence-corrected chi connectivity index (χ4v) is 2.22. The van der Waals surface area contributed by atoms with Crippen molar-refractivity contribution in [1.82, 2.24) is 5.32 Å². The number of nitrogens with one attached hydrogen (secondary N) is 1. The van der Waals surface area contributed by atoms with Crippen LogP contribution in [0.2, 0.25) is 0 Å². The molecule has 0 spiro atoms. The zero-order valence-electron chi connectivity index (χ0n) is 10.7. The van der Waals surface area contributed by atoms with Crippen LogP contribution in [0.15, 0.2) is 24.3 Å². The topological polar surface area (TPSA) is 64.4 Å². The van der Waals surface area contributed by atoms with E-state index >= 15 is 0 Å². The molecule has 5 heteroatoms. The van der Waals surface area contributed by atoms with Gasteiger partial charge < -0.3 is 15.8 Å². The number of ether oxygens (including phenoxy) is 1. The number of carbonyl (C=O) groups excluding carboxylic acids is 1. The molecule has 102 valence electrons. The predicted octanol–water partition coefficient (Wildman–Crippen LogP) is 1.62. The predicted molar refractivity (Wildman–Crippen MR) is 78.3 cm³/mol. The van der Waals surface area contributed by atoms with E-state index in [0.29, 0.717) is 22.7 Å². The maximum Gasteiger partial charge on any atom is 0.251 e. The molecule has 1 fully saturated rings. The van der Waals surface area contributed by atoms with E-state index in [1.54, 1.807) is 24.3 Å². The highest BCUT2D eigenvalue weighted by atomic mass is 32.1. The first-order valence-corrected chi connectivity index (χ1v) is 6.87. The van der Waals surface area contributed by atoms with Gasteiger partial charge in [-0.1, -0.05) is 24.4 Å². The Morgan fingerprint density at radius 3 is 2.89 bits per heavy atom. The third kappa shape index (κ3) is 4.01.